The molecule has 2 aliphatic rings. The summed E-state index contributed by atoms with van der Waals surface area (Å²) in [4.78, 5) is 0. The fourth-order valence-corrected chi connectivity index (χ4v) is 9.12. The van der Waals surface area contributed by atoms with E-state index in [4.69, 9.17) is 4.43 Å². The van der Waals surface area contributed by atoms with E-state index in [1.807, 2.05) is 0 Å². The molecule has 2 rings (SSSR count). The maximum Gasteiger partial charge on any atom is 0.192 e. The van der Waals surface area contributed by atoms with Crippen LogP contribution in [0.15, 0.2) is 12.2 Å². The lowest BCUT2D eigenvalue weighted by atomic mass is 9.62. The fourth-order valence-electron chi connectivity index (χ4n) is 6.19. The summed E-state index contributed by atoms with van der Waals surface area (Å²) in [6.45, 7) is 19.3. The molecule has 0 radical (unpaired) electrons. The molecule has 0 N–H and O–H groups in total. The van der Waals surface area contributed by atoms with E-state index in [0.29, 0.717) is 23.4 Å². The molecule has 0 aromatic rings. The summed E-state index contributed by atoms with van der Waals surface area (Å²) in [5.41, 5.74) is 0.489. The second kappa shape index (κ2) is 9.61. The molecule has 2 aliphatic carbocycles. The molecule has 0 aromatic heterocycles. The zero-order valence-electron chi connectivity index (χ0n) is 19.7. The highest BCUT2D eigenvalue weighted by atomic mass is 28.4. The topological polar surface area (TPSA) is 9.23 Å². The molecule has 27 heavy (non-hydrogen) atoms. The number of rotatable bonds is 9. The lowest BCUT2D eigenvalue weighted by Crippen LogP contribution is -2.48. The lowest BCUT2D eigenvalue weighted by Gasteiger charge is -2.48. The quantitative estimate of drug-likeness (QED) is 0.284. The van der Waals surface area contributed by atoms with Crippen LogP contribution in [-0.4, -0.2) is 14.4 Å². The summed E-state index contributed by atoms with van der Waals surface area (Å²) < 4.78 is 7.08. The van der Waals surface area contributed by atoms with E-state index in [9.17, 15) is 0 Å². The first kappa shape index (κ1) is 23.2. The zero-order valence-corrected chi connectivity index (χ0v) is 20.7. The predicted octanol–water partition coefficient (Wildman–Crippen LogP) is 8.08. The Morgan fingerprint density at radius 2 is 1.59 bits per heavy atom. The van der Waals surface area contributed by atoms with Crippen LogP contribution in [0.5, 0.6) is 0 Å². The minimum Gasteiger partial charge on any atom is -0.414 e. The summed E-state index contributed by atoms with van der Waals surface area (Å²) in [5, 5.41) is 0. The molecule has 2 heteroatoms. The van der Waals surface area contributed by atoms with Crippen molar-refractivity contribution in [2.24, 2.45) is 35.0 Å². The van der Waals surface area contributed by atoms with Crippen molar-refractivity contribution in [3.05, 3.63) is 12.2 Å². The molecular weight excluding hydrogens is 344 g/mol. The summed E-state index contributed by atoms with van der Waals surface area (Å²) in [5.74, 6) is 3.76. The first-order valence-electron chi connectivity index (χ1n) is 12.1. The monoisotopic (exact) mass is 392 g/mol. The van der Waals surface area contributed by atoms with E-state index >= 15 is 0 Å². The van der Waals surface area contributed by atoms with Gasteiger partial charge in [-0.3, -0.25) is 0 Å². The van der Waals surface area contributed by atoms with Gasteiger partial charge >= 0.3 is 0 Å². The van der Waals surface area contributed by atoms with Gasteiger partial charge < -0.3 is 4.43 Å². The molecule has 158 valence electrons. The molecule has 0 aromatic carbocycles. The Kier molecular flexibility index (Phi) is 8.26. The number of hydrogen-bond acceptors (Lipinski definition) is 1. The Morgan fingerprint density at radius 1 is 0.963 bits per heavy atom. The highest BCUT2D eigenvalue weighted by Crippen LogP contribution is 2.59. The highest BCUT2D eigenvalue weighted by molar-refractivity contribution is 6.73. The van der Waals surface area contributed by atoms with Crippen LogP contribution >= 0.6 is 0 Å². The van der Waals surface area contributed by atoms with Crippen molar-refractivity contribution in [2.75, 3.05) is 0 Å². The standard InChI is InChI=1S/C25H48OSi/c1-9-27(10-2,11-3)26-24-13-12-18-25(8)22(16-17-23(24)25)21(7)15-14-20(6)19(4)5/h14-15,19-24H,9-13,16-18H2,1-8H3/t20?,21?,22-,23+,24+,25-/m1/s1. The van der Waals surface area contributed by atoms with Crippen LogP contribution < -0.4 is 0 Å². The number of allylic oxidation sites excluding steroid dienone is 2. The molecule has 2 saturated carbocycles. The molecular formula is C25H48OSi. The molecule has 0 amide bonds. The van der Waals surface area contributed by atoms with Crippen LogP contribution in [0.4, 0.5) is 0 Å². The third kappa shape index (κ3) is 4.92. The third-order valence-electron chi connectivity index (χ3n) is 8.87. The molecule has 0 saturated heterocycles. The van der Waals surface area contributed by atoms with Crippen molar-refractivity contribution in [3.8, 4) is 0 Å². The predicted molar refractivity (Wildman–Crippen MR) is 123 cm³/mol. The van der Waals surface area contributed by atoms with E-state index in [2.05, 4.69) is 67.5 Å². The van der Waals surface area contributed by atoms with Gasteiger partial charge in [-0.15, -0.1) is 0 Å². The van der Waals surface area contributed by atoms with Crippen molar-refractivity contribution in [1.29, 1.82) is 0 Å². The average Bonchev–Trinajstić information content (AvgIpc) is 3.01. The summed E-state index contributed by atoms with van der Waals surface area (Å²) >= 11 is 0. The molecule has 1 nitrogen and oxygen atoms in total. The number of hydrogen-bond donors (Lipinski definition) is 0. The van der Waals surface area contributed by atoms with Gasteiger partial charge in [-0.1, -0.05) is 74.0 Å². The first-order chi connectivity index (χ1) is 12.7. The van der Waals surface area contributed by atoms with E-state index in [1.54, 1.807) is 0 Å². The van der Waals surface area contributed by atoms with Crippen molar-refractivity contribution >= 4 is 8.32 Å². The molecule has 0 heterocycles. The van der Waals surface area contributed by atoms with E-state index in [0.717, 1.165) is 17.8 Å². The Bertz CT molecular complexity index is 472. The molecule has 2 unspecified atom stereocenters. The van der Waals surface area contributed by atoms with Gasteiger partial charge in [-0.05, 0) is 78.8 Å². The minimum absolute atomic E-state index is 0.489. The minimum atomic E-state index is -1.50. The van der Waals surface area contributed by atoms with E-state index in [1.165, 1.54) is 50.2 Å². The van der Waals surface area contributed by atoms with Crippen molar-refractivity contribution < 1.29 is 4.43 Å². The van der Waals surface area contributed by atoms with Gasteiger partial charge in [0.25, 0.3) is 0 Å². The Morgan fingerprint density at radius 3 is 2.15 bits per heavy atom. The molecule has 0 spiro atoms. The van der Waals surface area contributed by atoms with Gasteiger partial charge in [0.1, 0.15) is 0 Å². The van der Waals surface area contributed by atoms with Crippen molar-refractivity contribution in [1.82, 2.24) is 0 Å². The smallest absolute Gasteiger partial charge is 0.192 e. The molecule has 0 bridgehead atoms. The maximum absolute atomic E-state index is 7.08. The van der Waals surface area contributed by atoms with Crippen LogP contribution in [-0.2, 0) is 4.43 Å². The normalized spacial score (nSPS) is 34.2. The second-order valence-electron chi connectivity index (χ2n) is 10.4. The van der Waals surface area contributed by atoms with Gasteiger partial charge in [-0.2, -0.15) is 0 Å². The maximum atomic E-state index is 7.08. The van der Waals surface area contributed by atoms with Crippen LogP contribution in [0, 0.1) is 35.0 Å². The fraction of sp³-hybridized carbons (Fsp3) is 0.920. The van der Waals surface area contributed by atoms with Gasteiger partial charge in [-0.25, -0.2) is 0 Å². The summed E-state index contributed by atoms with van der Waals surface area (Å²) in [7, 11) is -1.50. The molecule has 2 fully saturated rings. The third-order valence-corrected chi connectivity index (χ3v) is 13.5. The van der Waals surface area contributed by atoms with Gasteiger partial charge in [0.2, 0.25) is 0 Å². The Hall–Kier alpha value is -0.0831. The highest BCUT2D eigenvalue weighted by Gasteiger charge is 2.53. The zero-order chi connectivity index (χ0) is 20.2. The van der Waals surface area contributed by atoms with Crippen LogP contribution in [0.2, 0.25) is 18.1 Å². The van der Waals surface area contributed by atoms with Crippen molar-refractivity contribution in [3.63, 3.8) is 0 Å². The average molecular weight is 393 g/mol. The van der Waals surface area contributed by atoms with Crippen LogP contribution in [0.25, 0.3) is 0 Å². The van der Waals surface area contributed by atoms with Gasteiger partial charge in [0.05, 0.1) is 0 Å². The van der Waals surface area contributed by atoms with Crippen LogP contribution in [0.3, 0.4) is 0 Å². The Labute approximate surface area is 171 Å². The summed E-state index contributed by atoms with van der Waals surface area (Å²) in [6.07, 6.45) is 12.5. The molecule has 0 aliphatic heterocycles. The lowest BCUT2D eigenvalue weighted by molar-refractivity contribution is -0.0153. The number of fused-ring (bicyclic) bond motifs is 1. The first-order valence-corrected chi connectivity index (χ1v) is 14.6. The second-order valence-corrected chi connectivity index (χ2v) is 15.2. The van der Waals surface area contributed by atoms with Gasteiger partial charge in [0, 0.05) is 6.10 Å². The Balaban J connectivity index is 2.13. The van der Waals surface area contributed by atoms with Crippen LogP contribution in [0.1, 0.15) is 87.5 Å². The molecule has 6 atom stereocenters. The summed E-state index contributed by atoms with van der Waals surface area (Å²) in [6, 6.07) is 3.86. The van der Waals surface area contributed by atoms with Gasteiger partial charge in [0.15, 0.2) is 8.32 Å². The van der Waals surface area contributed by atoms with E-state index in [-0.39, 0.29) is 0 Å². The van der Waals surface area contributed by atoms with E-state index < -0.39 is 8.32 Å². The SMILES string of the molecule is CC[Si](CC)(CC)O[C@H]1CCC[C@]2(C)[C@@H](C(C)C=CC(C)C(C)C)CC[C@@H]12. The van der Waals surface area contributed by atoms with Crippen molar-refractivity contribution in [2.45, 2.75) is 112 Å². The largest absolute Gasteiger partial charge is 0.414 e.